The number of esters is 1. The van der Waals surface area contributed by atoms with E-state index in [0.29, 0.717) is 11.4 Å². The second-order valence-electron chi connectivity index (χ2n) is 4.12. The maximum Gasteiger partial charge on any atom is 0.347 e. The van der Waals surface area contributed by atoms with Crippen LogP contribution in [0.3, 0.4) is 0 Å². The molecule has 0 unspecified atom stereocenters. The van der Waals surface area contributed by atoms with Gasteiger partial charge < -0.3 is 15.2 Å². The molecule has 20 heavy (non-hydrogen) atoms. The largest absolute Gasteiger partial charge is 0.507 e. The topological polar surface area (TPSA) is 75.6 Å². The van der Waals surface area contributed by atoms with Crippen LogP contribution in [0.4, 0.5) is 5.69 Å². The summed E-state index contributed by atoms with van der Waals surface area (Å²) in [5.41, 5.74) is 0.399. The van der Waals surface area contributed by atoms with Crippen LogP contribution < -0.4 is 10.1 Å². The van der Waals surface area contributed by atoms with Crippen LogP contribution in [-0.2, 0) is 4.79 Å². The maximum atomic E-state index is 12.0. The number of anilines is 1. The first kappa shape index (κ1) is 13.6. The smallest absolute Gasteiger partial charge is 0.347 e. The van der Waals surface area contributed by atoms with Crippen LogP contribution in [0.25, 0.3) is 0 Å². The van der Waals surface area contributed by atoms with Crippen molar-refractivity contribution in [2.24, 2.45) is 0 Å². The number of nitrogens with one attached hydrogen (secondary N) is 1. The van der Waals surface area contributed by atoms with Gasteiger partial charge >= 0.3 is 5.97 Å². The fourth-order valence-electron chi connectivity index (χ4n) is 1.63. The number of rotatable bonds is 3. The third-order valence-electron chi connectivity index (χ3n) is 2.49. The van der Waals surface area contributed by atoms with Crippen molar-refractivity contribution in [1.29, 1.82) is 0 Å². The van der Waals surface area contributed by atoms with Crippen LogP contribution in [0.5, 0.6) is 11.5 Å². The summed E-state index contributed by atoms with van der Waals surface area (Å²) in [6, 6.07) is 12.7. The molecule has 0 fully saturated rings. The number of hydrogen-bond acceptors (Lipinski definition) is 4. The Morgan fingerprint density at radius 3 is 2.45 bits per heavy atom. The average molecular weight is 271 g/mol. The lowest BCUT2D eigenvalue weighted by Gasteiger charge is -2.08. The molecular weight excluding hydrogens is 258 g/mol. The van der Waals surface area contributed by atoms with Gasteiger partial charge in [0.05, 0.1) is 0 Å². The molecule has 0 bridgehead atoms. The zero-order valence-corrected chi connectivity index (χ0v) is 10.8. The summed E-state index contributed by atoms with van der Waals surface area (Å²) < 4.78 is 5.13. The number of carbonyl (C=O) groups excluding carboxylic acids is 2. The summed E-state index contributed by atoms with van der Waals surface area (Å²) >= 11 is 0. The van der Waals surface area contributed by atoms with E-state index >= 15 is 0 Å². The average Bonchev–Trinajstić information content (AvgIpc) is 2.41. The molecule has 2 aromatic rings. The van der Waals surface area contributed by atoms with Gasteiger partial charge in [-0.05, 0) is 30.3 Å². The van der Waals surface area contributed by atoms with Gasteiger partial charge in [0, 0.05) is 12.6 Å². The fraction of sp³-hybridized carbons (Fsp3) is 0.0667. The Morgan fingerprint density at radius 2 is 1.80 bits per heavy atom. The van der Waals surface area contributed by atoms with Crippen LogP contribution in [0, 0.1) is 0 Å². The molecule has 0 aliphatic heterocycles. The van der Waals surface area contributed by atoms with Crippen molar-refractivity contribution in [2.45, 2.75) is 6.92 Å². The SMILES string of the molecule is CC(=O)Nc1ccc(O)c(C(=O)Oc2ccccc2)c1. The number of para-hydroxylation sites is 1. The molecule has 0 aromatic heterocycles. The highest BCUT2D eigenvalue weighted by molar-refractivity contribution is 5.96. The van der Waals surface area contributed by atoms with E-state index in [2.05, 4.69) is 5.32 Å². The van der Waals surface area contributed by atoms with Gasteiger partial charge in [0.1, 0.15) is 17.1 Å². The third-order valence-corrected chi connectivity index (χ3v) is 2.49. The number of ether oxygens (including phenoxy) is 1. The molecule has 0 radical (unpaired) electrons. The number of aromatic hydroxyl groups is 1. The van der Waals surface area contributed by atoms with Crippen LogP contribution in [0.1, 0.15) is 17.3 Å². The molecule has 0 aliphatic carbocycles. The van der Waals surface area contributed by atoms with Crippen molar-refractivity contribution in [2.75, 3.05) is 5.32 Å². The maximum absolute atomic E-state index is 12.0. The summed E-state index contributed by atoms with van der Waals surface area (Å²) in [5.74, 6) is -0.791. The van der Waals surface area contributed by atoms with Crippen LogP contribution >= 0.6 is 0 Å². The molecule has 0 saturated heterocycles. The Hall–Kier alpha value is -2.82. The van der Waals surface area contributed by atoms with Gasteiger partial charge in [0.15, 0.2) is 0 Å². The van der Waals surface area contributed by atoms with Gasteiger partial charge in [0.25, 0.3) is 0 Å². The van der Waals surface area contributed by atoms with Crippen molar-refractivity contribution in [3.8, 4) is 11.5 Å². The van der Waals surface area contributed by atoms with Crippen molar-refractivity contribution < 1.29 is 19.4 Å². The Bertz CT molecular complexity index is 638. The third kappa shape index (κ3) is 3.35. The second-order valence-corrected chi connectivity index (χ2v) is 4.12. The summed E-state index contributed by atoms with van der Waals surface area (Å²) in [4.78, 5) is 23.0. The van der Waals surface area contributed by atoms with Gasteiger partial charge in [-0.15, -0.1) is 0 Å². The van der Waals surface area contributed by atoms with E-state index in [1.807, 2.05) is 0 Å². The van der Waals surface area contributed by atoms with E-state index < -0.39 is 5.97 Å². The zero-order chi connectivity index (χ0) is 14.5. The highest BCUT2D eigenvalue weighted by atomic mass is 16.5. The van der Waals surface area contributed by atoms with E-state index in [9.17, 15) is 14.7 Å². The number of phenolic OH excluding ortho intramolecular Hbond substituents is 1. The molecule has 2 N–H and O–H groups in total. The summed E-state index contributed by atoms with van der Waals surface area (Å²) in [7, 11) is 0. The van der Waals surface area contributed by atoms with Gasteiger partial charge in [-0.3, -0.25) is 4.79 Å². The molecule has 0 saturated carbocycles. The Morgan fingerprint density at radius 1 is 1.10 bits per heavy atom. The summed E-state index contributed by atoms with van der Waals surface area (Å²) in [5, 5.41) is 12.2. The molecule has 102 valence electrons. The van der Waals surface area contributed by atoms with Crippen molar-refractivity contribution in [1.82, 2.24) is 0 Å². The molecule has 2 aromatic carbocycles. The van der Waals surface area contributed by atoms with Crippen LogP contribution in [0.15, 0.2) is 48.5 Å². The van der Waals surface area contributed by atoms with Gasteiger partial charge in [-0.25, -0.2) is 4.79 Å². The zero-order valence-electron chi connectivity index (χ0n) is 10.8. The molecule has 1 amide bonds. The van der Waals surface area contributed by atoms with Gasteiger partial charge in [-0.1, -0.05) is 18.2 Å². The second kappa shape index (κ2) is 5.88. The van der Waals surface area contributed by atoms with E-state index in [4.69, 9.17) is 4.74 Å². The molecule has 5 heteroatoms. The Kier molecular flexibility index (Phi) is 4.00. The Balaban J connectivity index is 2.22. The van der Waals surface area contributed by atoms with E-state index in [-0.39, 0.29) is 17.2 Å². The molecule has 0 heterocycles. The van der Waals surface area contributed by atoms with Crippen LogP contribution in [0.2, 0.25) is 0 Å². The monoisotopic (exact) mass is 271 g/mol. The summed E-state index contributed by atoms with van der Waals surface area (Å²) in [6.07, 6.45) is 0. The van der Waals surface area contributed by atoms with Crippen molar-refractivity contribution >= 4 is 17.6 Å². The number of benzene rings is 2. The van der Waals surface area contributed by atoms with Crippen LogP contribution in [-0.4, -0.2) is 17.0 Å². The highest BCUT2D eigenvalue weighted by Gasteiger charge is 2.14. The fourth-order valence-corrected chi connectivity index (χ4v) is 1.63. The predicted molar refractivity (Wildman–Crippen MR) is 73.8 cm³/mol. The molecular formula is C15H13NO4. The van der Waals surface area contributed by atoms with E-state index in [1.54, 1.807) is 30.3 Å². The predicted octanol–water partition coefficient (Wildman–Crippen LogP) is 2.57. The number of phenols is 1. The first-order valence-electron chi connectivity index (χ1n) is 5.94. The minimum Gasteiger partial charge on any atom is -0.507 e. The first-order chi connectivity index (χ1) is 9.56. The van der Waals surface area contributed by atoms with Gasteiger partial charge in [0.2, 0.25) is 5.91 Å². The van der Waals surface area contributed by atoms with E-state index in [1.165, 1.54) is 25.1 Å². The molecule has 5 nitrogen and oxygen atoms in total. The lowest BCUT2D eigenvalue weighted by Crippen LogP contribution is -2.11. The molecule has 2 rings (SSSR count). The standard InChI is InChI=1S/C15H13NO4/c1-10(17)16-11-7-8-14(18)13(9-11)15(19)20-12-5-3-2-4-6-12/h2-9,18H,1H3,(H,16,17). The number of carbonyl (C=O) groups is 2. The van der Waals surface area contributed by atoms with E-state index in [0.717, 1.165) is 0 Å². The van der Waals surface area contributed by atoms with Crippen molar-refractivity contribution in [3.05, 3.63) is 54.1 Å². The number of amides is 1. The minimum atomic E-state index is -0.694. The normalized spacial score (nSPS) is 9.85. The summed E-state index contributed by atoms with van der Waals surface area (Å²) in [6.45, 7) is 1.36. The molecule has 0 spiro atoms. The lowest BCUT2D eigenvalue weighted by molar-refractivity contribution is -0.114. The number of hydrogen-bond donors (Lipinski definition) is 2. The first-order valence-corrected chi connectivity index (χ1v) is 5.94. The van der Waals surface area contributed by atoms with Gasteiger partial charge in [-0.2, -0.15) is 0 Å². The lowest BCUT2D eigenvalue weighted by atomic mass is 10.1. The molecule has 0 atom stereocenters. The minimum absolute atomic E-state index is 0.0138. The Labute approximate surface area is 115 Å². The van der Waals surface area contributed by atoms with Crippen molar-refractivity contribution in [3.63, 3.8) is 0 Å². The quantitative estimate of drug-likeness (QED) is 0.511. The molecule has 0 aliphatic rings. The highest BCUT2D eigenvalue weighted by Crippen LogP contribution is 2.23.